The molecule has 0 radical (unpaired) electrons. The molecule has 0 unspecified atom stereocenters. The number of carbonyl (C=O) groups excluding carboxylic acids is 2. The molecule has 0 aromatic carbocycles. The van der Waals surface area contributed by atoms with Crippen LogP contribution in [0.25, 0.3) is 0 Å². The maximum absolute atomic E-state index is 10.6. The molecule has 4 nitrogen and oxygen atoms in total. The summed E-state index contributed by atoms with van der Waals surface area (Å²) in [4.78, 5) is 20.3. The van der Waals surface area contributed by atoms with E-state index in [0.29, 0.717) is 6.08 Å². The van der Waals surface area contributed by atoms with E-state index in [9.17, 15) is 14.7 Å². The second kappa shape index (κ2) is 7.94. The van der Waals surface area contributed by atoms with Gasteiger partial charge in [0, 0.05) is 6.08 Å². The van der Waals surface area contributed by atoms with E-state index in [1.165, 1.54) is 0 Å². The number of carbonyl (C=O) groups is 2. The summed E-state index contributed by atoms with van der Waals surface area (Å²) in [6.07, 6.45) is 1.20. The fourth-order valence-electron chi connectivity index (χ4n) is 0.408. The molecule has 0 bridgehead atoms. The zero-order valence-corrected chi connectivity index (χ0v) is 10.5. The summed E-state index contributed by atoms with van der Waals surface area (Å²) in [7, 11) is 0. The molecular formula is C7H9KO4. The molecule has 0 amide bonds. The Morgan fingerprint density at radius 3 is 2.17 bits per heavy atom. The molecule has 5 heteroatoms. The predicted molar refractivity (Wildman–Crippen MR) is 35.4 cm³/mol. The van der Waals surface area contributed by atoms with Gasteiger partial charge < -0.3 is 14.6 Å². The van der Waals surface area contributed by atoms with Crippen molar-refractivity contribution < 1.29 is 70.8 Å². The molecule has 0 aliphatic carbocycles. The fourth-order valence-corrected chi connectivity index (χ4v) is 0.408. The van der Waals surface area contributed by atoms with Gasteiger partial charge in [0.05, 0.1) is 12.1 Å². The molecule has 0 aromatic heterocycles. The summed E-state index contributed by atoms with van der Waals surface area (Å²) < 4.78 is 4.58. The van der Waals surface area contributed by atoms with Crippen LogP contribution in [0.15, 0.2) is 12.2 Å². The van der Waals surface area contributed by atoms with E-state index in [1.54, 1.807) is 13.8 Å². The molecule has 0 atom stereocenters. The summed E-state index contributed by atoms with van der Waals surface area (Å²) in [6.45, 7) is 3.34. The number of hydrogen-bond donors (Lipinski definition) is 0. The minimum atomic E-state index is -1.41. The van der Waals surface area contributed by atoms with Crippen molar-refractivity contribution in [1.29, 1.82) is 0 Å². The van der Waals surface area contributed by atoms with Gasteiger partial charge >= 0.3 is 57.4 Å². The molecule has 0 aliphatic rings. The van der Waals surface area contributed by atoms with Crippen LogP contribution in [0.5, 0.6) is 0 Å². The molecule has 12 heavy (non-hydrogen) atoms. The van der Waals surface area contributed by atoms with Crippen molar-refractivity contribution in [2.75, 3.05) is 0 Å². The summed E-state index contributed by atoms with van der Waals surface area (Å²) in [5.74, 6) is -2.09. The Bertz CT molecular complexity index is 186. The molecule has 0 saturated heterocycles. The summed E-state index contributed by atoms with van der Waals surface area (Å²) >= 11 is 0. The first-order valence-electron chi connectivity index (χ1n) is 3.12. The van der Waals surface area contributed by atoms with Crippen LogP contribution in [0.4, 0.5) is 0 Å². The quantitative estimate of drug-likeness (QED) is 0.264. The van der Waals surface area contributed by atoms with Gasteiger partial charge in [0.25, 0.3) is 0 Å². The van der Waals surface area contributed by atoms with E-state index in [4.69, 9.17) is 0 Å². The van der Waals surface area contributed by atoms with Gasteiger partial charge in [0.2, 0.25) is 0 Å². The van der Waals surface area contributed by atoms with Crippen LogP contribution in [-0.4, -0.2) is 18.0 Å². The fraction of sp³-hybridized carbons (Fsp3) is 0.429. The largest absolute Gasteiger partial charge is 1.00 e. The predicted octanol–water partition coefficient (Wildman–Crippen LogP) is -3.75. The van der Waals surface area contributed by atoms with Crippen LogP contribution >= 0.6 is 0 Å². The van der Waals surface area contributed by atoms with Crippen LogP contribution < -0.4 is 56.5 Å². The molecule has 0 aliphatic heterocycles. The second-order valence-corrected chi connectivity index (χ2v) is 2.14. The van der Waals surface area contributed by atoms with Crippen LogP contribution in [-0.2, 0) is 14.3 Å². The molecule has 0 N–H and O–H groups in total. The standard InChI is InChI=1S/C7H10O4.K/c1-5(2)11-7(10)4-3-6(8)9;/h3-5H,1-2H3,(H,8,9);/q;+1/p-1/b4-3-;. The first-order chi connectivity index (χ1) is 5.02. The minimum Gasteiger partial charge on any atom is -0.545 e. The van der Waals surface area contributed by atoms with Crippen molar-refractivity contribution in [2.24, 2.45) is 0 Å². The van der Waals surface area contributed by atoms with E-state index in [-0.39, 0.29) is 57.5 Å². The molecule has 0 saturated carbocycles. The average Bonchev–Trinajstić information content (AvgIpc) is 1.82. The monoisotopic (exact) mass is 196 g/mol. The van der Waals surface area contributed by atoms with Crippen LogP contribution in [0.3, 0.4) is 0 Å². The molecule has 0 rings (SSSR count). The Kier molecular flexibility index (Phi) is 9.81. The van der Waals surface area contributed by atoms with Crippen LogP contribution in [0, 0.1) is 0 Å². The van der Waals surface area contributed by atoms with Crippen LogP contribution in [0.2, 0.25) is 0 Å². The Labute approximate surface area is 113 Å². The van der Waals surface area contributed by atoms with Crippen molar-refractivity contribution >= 4 is 11.9 Å². The smallest absolute Gasteiger partial charge is 0.545 e. The third-order valence-corrected chi connectivity index (χ3v) is 0.707. The molecule has 0 fully saturated rings. The first-order valence-corrected chi connectivity index (χ1v) is 3.12. The third-order valence-electron chi connectivity index (χ3n) is 0.707. The molecular weight excluding hydrogens is 187 g/mol. The SMILES string of the molecule is CC(C)OC(=O)/C=C\C(=O)[O-].[K+]. The van der Waals surface area contributed by atoms with Gasteiger partial charge in [-0.2, -0.15) is 0 Å². The third kappa shape index (κ3) is 10.3. The average molecular weight is 196 g/mol. The van der Waals surface area contributed by atoms with Gasteiger partial charge in [-0.05, 0) is 19.9 Å². The van der Waals surface area contributed by atoms with Gasteiger partial charge in [-0.25, -0.2) is 4.79 Å². The number of ether oxygens (including phenoxy) is 1. The molecule has 62 valence electrons. The summed E-state index contributed by atoms with van der Waals surface area (Å²) in [5, 5.41) is 9.78. The maximum Gasteiger partial charge on any atom is 1.00 e. The Balaban J connectivity index is 0. The zero-order chi connectivity index (χ0) is 8.85. The maximum atomic E-state index is 10.6. The van der Waals surface area contributed by atoms with Gasteiger partial charge in [-0.1, -0.05) is 0 Å². The van der Waals surface area contributed by atoms with Crippen molar-refractivity contribution in [3.63, 3.8) is 0 Å². The number of carboxylic acid groups (broad SMARTS) is 1. The number of esters is 1. The van der Waals surface area contributed by atoms with Gasteiger partial charge in [-0.15, -0.1) is 0 Å². The summed E-state index contributed by atoms with van der Waals surface area (Å²) in [6, 6.07) is 0. The van der Waals surface area contributed by atoms with Crippen LogP contribution in [0.1, 0.15) is 13.8 Å². The zero-order valence-electron chi connectivity index (χ0n) is 7.37. The number of hydrogen-bond acceptors (Lipinski definition) is 4. The Morgan fingerprint density at radius 2 is 1.83 bits per heavy atom. The number of carboxylic acids is 1. The first kappa shape index (κ1) is 14.8. The Morgan fingerprint density at radius 1 is 1.33 bits per heavy atom. The molecule has 0 aromatic rings. The second-order valence-electron chi connectivity index (χ2n) is 2.14. The van der Waals surface area contributed by atoms with E-state index in [2.05, 4.69) is 4.74 Å². The normalized spacial score (nSPS) is 9.58. The topological polar surface area (TPSA) is 66.4 Å². The van der Waals surface area contributed by atoms with E-state index < -0.39 is 11.9 Å². The van der Waals surface area contributed by atoms with E-state index in [1.807, 2.05) is 0 Å². The Hall–Kier alpha value is 0.316. The summed E-state index contributed by atoms with van der Waals surface area (Å²) in [5.41, 5.74) is 0. The minimum absolute atomic E-state index is 0. The van der Waals surface area contributed by atoms with Crippen molar-refractivity contribution in [1.82, 2.24) is 0 Å². The van der Waals surface area contributed by atoms with E-state index >= 15 is 0 Å². The molecule has 0 spiro atoms. The van der Waals surface area contributed by atoms with Gasteiger partial charge in [-0.3, -0.25) is 0 Å². The van der Waals surface area contributed by atoms with Crippen molar-refractivity contribution in [3.05, 3.63) is 12.2 Å². The van der Waals surface area contributed by atoms with Gasteiger partial charge in [0.1, 0.15) is 0 Å². The van der Waals surface area contributed by atoms with Crippen molar-refractivity contribution in [2.45, 2.75) is 20.0 Å². The molecule has 0 heterocycles. The van der Waals surface area contributed by atoms with Crippen molar-refractivity contribution in [3.8, 4) is 0 Å². The van der Waals surface area contributed by atoms with E-state index in [0.717, 1.165) is 6.08 Å². The number of aliphatic carboxylic acids is 1. The van der Waals surface area contributed by atoms with Gasteiger partial charge in [0.15, 0.2) is 0 Å². The number of rotatable bonds is 3.